The fourth-order valence-corrected chi connectivity index (χ4v) is 1.28. The molecule has 0 radical (unpaired) electrons. The summed E-state index contributed by atoms with van der Waals surface area (Å²) in [6, 6.07) is 7.47. The Labute approximate surface area is 91.6 Å². The van der Waals surface area contributed by atoms with Crippen LogP contribution >= 0.6 is 22.9 Å². The van der Waals surface area contributed by atoms with E-state index in [-0.39, 0.29) is 5.91 Å². The van der Waals surface area contributed by atoms with Gasteiger partial charge in [0, 0.05) is 25.3 Å². The quantitative estimate of drug-likeness (QED) is 0.666. The molecular weight excluding hydrogens is 279 g/mol. The van der Waals surface area contributed by atoms with E-state index in [1.807, 2.05) is 28.4 Å². The van der Waals surface area contributed by atoms with Crippen molar-refractivity contribution in [3.8, 4) is 0 Å². The van der Waals surface area contributed by atoms with Gasteiger partial charge in [-0.15, -0.1) is 0 Å². The molecule has 4 heteroatoms. The summed E-state index contributed by atoms with van der Waals surface area (Å²) < 4.78 is 1.93. The molecule has 1 aromatic carbocycles. The highest BCUT2D eigenvalue weighted by Crippen LogP contribution is 2.17. The number of nitrogens with one attached hydrogen (secondary N) is 1. The van der Waals surface area contributed by atoms with E-state index in [2.05, 4.69) is 28.2 Å². The molecule has 1 amide bonds. The van der Waals surface area contributed by atoms with Gasteiger partial charge in [-0.2, -0.15) is 0 Å². The Kier molecular flexibility index (Phi) is 3.53. The maximum Gasteiger partial charge on any atom is 0.251 e. The van der Waals surface area contributed by atoms with Crippen LogP contribution in [0.2, 0.25) is 0 Å². The van der Waals surface area contributed by atoms with E-state index in [1.54, 1.807) is 13.1 Å². The van der Waals surface area contributed by atoms with Crippen molar-refractivity contribution in [1.29, 1.82) is 0 Å². The molecule has 0 unspecified atom stereocenters. The number of hydrogen-bond acceptors (Lipinski definition) is 2. The van der Waals surface area contributed by atoms with Gasteiger partial charge in [-0.1, -0.05) is 6.07 Å². The molecule has 13 heavy (non-hydrogen) atoms. The highest BCUT2D eigenvalue weighted by molar-refractivity contribution is 14.1. The topological polar surface area (TPSA) is 32.3 Å². The number of anilines is 1. The van der Waals surface area contributed by atoms with Crippen molar-refractivity contribution < 1.29 is 4.79 Å². The van der Waals surface area contributed by atoms with Crippen LogP contribution in [0.1, 0.15) is 10.4 Å². The number of hydrogen-bond donors (Lipinski definition) is 1. The van der Waals surface area contributed by atoms with Crippen LogP contribution in [0.25, 0.3) is 0 Å². The Balaban J connectivity index is 2.98. The highest BCUT2D eigenvalue weighted by atomic mass is 127. The maximum absolute atomic E-state index is 11.3. The van der Waals surface area contributed by atoms with Crippen LogP contribution in [0.4, 0.5) is 5.69 Å². The van der Waals surface area contributed by atoms with E-state index in [1.165, 1.54) is 0 Å². The molecule has 1 rings (SSSR count). The SMILES string of the molecule is CNC(=O)c1cccc(N(C)I)c1. The normalized spacial score (nSPS) is 9.46. The first kappa shape index (κ1) is 10.3. The molecule has 3 nitrogen and oxygen atoms in total. The minimum Gasteiger partial charge on any atom is -0.355 e. The molecular formula is C9H11IN2O. The van der Waals surface area contributed by atoms with Crippen molar-refractivity contribution in [2.24, 2.45) is 0 Å². The van der Waals surface area contributed by atoms with E-state index >= 15 is 0 Å². The van der Waals surface area contributed by atoms with Crippen molar-refractivity contribution in [2.45, 2.75) is 0 Å². The van der Waals surface area contributed by atoms with Crippen molar-refractivity contribution in [2.75, 3.05) is 17.2 Å². The summed E-state index contributed by atoms with van der Waals surface area (Å²) in [7, 11) is 3.56. The zero-order valence-electron chi connectivity index (χ0n) is 7.54. The van der Waals surface area contributed by atoms with Gasteiger partial charge in [0.2, 0.25) is 0 Å². The number of benzene rings is 1. The van der Waals surface area contributed by atoms with Crippen LogP contribution in [0, 0.1) is 0 Å². The monoisotopic (exact) mass is 290 g/mol. The van der Waals surface area contributed by atoms with Gasteiger partial charge in [0.05, 0.1) is 22.9 Å². The molecule has 0 aromatic heterocycles. The van der Waals surface area contributed by atoms with Gasteiger partial charge in [-0.3, -0.25) is 4.79 Å². The molecule has 0 fully saturated rings. The van der Waals surface area contributed by atoms with E-state index in [9.17, 15) is 4.79 Å². The van der Waals surface area contributed by atoms with Gasteiger partial charge < -0.3 is 8.43 Å². The molecule has 0 spiro atoms. The zero-order chi connectivity index (χ0) is 9.84. The van der Waals surface area contributed by atoms with Crippen LogP contribution in [0.15, 0.2) is 24.3 Å². The van der Waals surface area contributed by atoms with Crippen LogP contribution in [0.3, 0.4) is 0 Å². The van der Waals surface area contributed by atoms with Gasteiger partial charge in [-0.25, -0.2) is 0 Å². The number of halogens is 1. The highest BCUT2D eigenvalue weighted by Gasteiger charge is 2.04. The van der Waals surface area contributed by atoms with E-state index < -0.39 is 0 Å². The Morgan fingerprint density at radius 3 is 2.77 bits per heavy atom. The van der Waals surface area contributed by atoms with Gasteiger partial charge in [0.1, 0.15) is 0 Å². The largest absolute Gasteiger partial charge is 0.355 e. The van der Waals surface area contributed by atoms with Crippen molar-refractivity contribution in [3.63, 3.8) is 0 Å². The summed E-state index contributed by atoms with van der Waals surface area (Å²) in [6.45, 7) is 0. The molecule has 0 aliphatic carbocycles. The van der Waals surface area contributed by atoms with Gasteiger partial charge in [0.25, 0.3) is 5.91 Å². The molecule has 1 N–H and O–H groups in total. The predicted molar refractivity (Wildman–Crippen MR) is 62.3 cm³/mol. The van der Waals surface area contributed by atoms with E-state index in [0.717, 1.165) is 5.69 Å². The van der Waals surface area contributed by atoms with Crippen LogP contribution < -0.4 is 8.43 Å². The summed E-state index contributed by atoms with van der Waals surface area (Å²) >= 11 is 2.16. The average Bonchev–Trinajstić information content (AvgIpc) is 2.17. The third-order valence-corrected chi connectivity index (χ3v) is 2.25. The number of nitrogens with zero attached hydrogens (tertiary/aromatic N) is 1. The molecule has 0 aliphatic heterocycles. The molecule has 1 aromatic rings. The first-order chi connectivity index (χ1) is 6.15. The van der Waals surface area contributed by atoms with Gasteiger partial charge in [0.15, 0.2) is 0 Å². The Bertz CT molecular complexity index is 312. The second-order valence-electron chi connectivity index (χ2n) is 2.61. The van der Waals surface area contributed by atoms with Crippen molar-refractivity contribution >= 4 is 34.5 Å². The lowest BCUT2D eigenvalue weighted by atomic mass is 10.2. The summed E-state index contributed by atoms with van der Waals surface area (Å²) in [5.41, 5.74) is 1.70. The Morgan fingerprint density at radius 2 is 2.23 bits per heavy atom. The summed E-state index contributed by atoms with van der Waals surface area (Å²) in [6.07, 6.45) is 0. The standard InChI is InChI=1S/C9H11IN2O/c1-11-9(13)7-4-3-5-8(6-7)12(2)10/h3-6H,1-2H3,(H,11,13). The number of carbonyl (C=O) groups excluding carboxylic acids is 1. The summed E-state index contributed by atoms with van der Waals surface area (Å²) in [4.78, 5) is 11.3. The van der Waals surface area contributed by atoms with E-state index in [0.29, 0.717) is 5.56 Å². The minimum absolute atomic E-state index is 0.0555. The third-order valence-electron chi connectivity index (χ3n) is 1.69. The molecule has 0 aliphatic rings. The zero-order valence-corrected chi connectivity index (χ0v) is 9.70. The van der Waals surface area contributed by atoms with Crippen molar-refractivity contribution in [1.82, 2.24) is 5.32 Å². The van der Waals surface area contributed by atoms with Crippen molar-refractivity contribution in [3.05, 3.63) is 29.8 Å². The fourth-order valence-electron chi connectivity index (χ4n) is 0.983. The average molecular weight is 290 g/mol. The van der Waals surface area contributed by atoms with E-state index in [4.69, 9.17) is 0 Å². The second-order valence-corrected chi connectivity index (χ2v) is 4.05. The maximum atomic E-state index is 11.3. The Hall–Kier alpha value is -0.780. The Morgan fingerprint density at radius 1 is 1.54 bits per heavy atom. The fraction of sp³-hybridized carbons (Fsp3) is 0.222. The second kappa shape index (κ2) is 4.45. The molecule has 70 valence electrons. The van der Waals surface area contributed by atoms with Gasteiger partial charge in [-0.05, 0) is 18.2 Å². The number of amides is 1. The van der Waals surface area contributed by atoms with Crippen LogP contribution in [-0.4, -0.2) is 20.0 Å². The number of carbonyl (C=O) groups is 1. The molecule has 0 saturated heterocycles. The lowest BCUT2D eigenvalue weighted by molar-refractivity contribution is 0.0963. The smallest absolute Gasteiger partial charge is 0.251 e. The minimum atomic E-state index is -0.0555. The van der Waals surface area contributed by atoms with Crippen LogP contribution in [0.5, 0.6) is 0 Å². The first-order valence-electron chi connectivity index (χ1n) is 3.87. The lowest BCUT2D eigenvalue weighted by Gasteiger charge is -2.10. The summed E-state index contributed by atoms with van der Waals surface area (Å²) in [5.74, 6) is -0.0555. The molecule has 0 saturated carbocycles. The molecule has 0 atom stereocenters. The summed E-state index contributed by atoms with van der Waals surface area (Å²) in [5, 5.41) is 2.59. The lowest BCUT2D eigenvalue weighted by Crippen LogP contribution is -2.17. The first-order valence-corrected chi connectivity index (χ1v) is 4.83. The predicted octanol–water partition coefficient (Wildman–Crippen LogP) is 1.83. The van der Waals surface area contributed by atoms with Crippen LogP contribution in [-0.2, 0) is 0 Å². The molecule has 0 bridgehead atoms. The third kappa shape index (κ3) is 2.58. The molecule has 0 heterocycles. The van der Waals surface area contributed by atoms with Gasteiger partial charge >= 0.3 is 0 Å². The number of rotatable bonds is 2.